The van der Waals surface area contributed by atoms with Crippen molar-refractivity contribution in [1.29, 1.82) is 0 Å². The van der Waals surface area contributed by atoms with E-state index >= 15 is 0 Å². The molecule has 208 valence electrons. The molecule has 2 heterocycles. The summed E-state index contributed by atoms with van der Waals surface area (Å²) in [6.45, 7) is 4.30. The van der Waals surface area contributed by atoms with Crippen LogP contribution >= 0.6 is 0 Å². The number of aromatic hydroxyl groups is 1. The fourth-order valence-electron chi connectivity index (χ4n) is 4.75. The van der Waals surface area contributed by atoms with Gasteiger partial charge in [-0.2, -0.15) is 4.80 Å². The molecule has 6 aromatic rings. The van der Waals surface area contributed by atoms with Crippen molar-refractivity contribution in [1.82, 2.24) is 30.0 Å². The van der Waals surface area contributed by atoms with E-state index in [1.54, 1.807) is 4.80 Å². The summed E-state index contributed by atoms with van der Waals surface area (Å²) in [5.74, 6) is 0.0459. The molecule has 6 rings (SSSR count). The van der Waals surface area contributed by atoms with Crippen LogP contribution in [0.15, 0.2) is 78.9 Å². The molecule has 4 aromatic carbocycles. The Morgan fingerprint density at radius 2 is 1.32 bits per heavy atom. The average Bonchev–Trinajstić information content (AvgIpc) is 3.61. The molecule has 0 bridgehead atoms. The summed E-state index contributed by atoms with van der Waals surface area (Å²) in [5.41, 5.74) is 7.95. The van der Waals surface area contributed by atoms with Crippen LogP contribution in [0.4, 0.5) is 0 Å². The number of rotatable bonds is 10. The topological polar surface area (TPSA) is 120 Å². The number of aromatic nitrogens is 6. The second-order valence-electron chi connectivity index (χ2n) is 10.1. The van der Waals surface area contributed by atoms with E-state index in [2.05, 4.69) is 20.4 Å². The number of phenols is 1. The molecule has 10 nitrogen and oxygen atoms in total. The predicted molar refractivity (Wildman–Crippen MR) is 154 cm³/mol. The van der Waals surface area contributed by atoms with Gasteiger partial charge in [0.25, 0.3) is 0 Å². The molecular weight excluding hydrogens is 520 g/mol. The van der Waals surface area contributed by atoms with Gasteiger partial charge in [-0.05, 0) is 79.1 Å². The van der Waals surface area contributed by atoms with Crippen LogP contribution in [0.5, 0.6) is 5.75 Å². The number of ether oxygens (including phenoxy) is 2. The summed E-state index contributed by atoms with van der Waals surface area (Å²) >= 11 is 0. The van der Waals surface area contributed by atoms with E-state index in [4.69, 9.17) is 9.47 Å². The molecular formula is C31H30N6O4. The lowest BCUT2D eigenvalue weighted by Gasteiger charge is -2.17. The maximum atomic E-state index is 11.0. The maximum Gasteiger partial charge on any atom is 0.148 e. The summed E-state index contributed by atoms with van der Waals surface area (Å²) in [6, 6.07) is 25.0. The van der Waals surface area contributed by atoms with Gasteiger partial charge in [0.1, 0.15) is 39.6 Å². The van der Waals surface area contributed by atoms with Crippen LogP contribution < -0.4 is 0 Å². The number of fused-ring (bicyclic) bond motifs is 2. The molecule has 0 saturated heterocycles. The highest BCUT2D eigenvalue weighted by atomic mass is 16.5. The summed E-state index contributed by atoms with van der Waals surface area (Å²) in [5, 5.41) is 39.0. The molecule has 2 N–H and O–H groups in total. The second-order valence-corrected chi connectivity index (χ2v) is 10.1. The Balaban J connectivity index is 1.10. The molecule has 1 atom stereocenters. The number of aryl methyl sites for hydroxylation is 2. The number of benzene rings is 4. The Labute approximate surface area is 236 Å². The van der Waals surface area contributed by atoms with Crippen molar-refractivity contribution in [3.8, 4) is 17.1 Å². The zero-order chi connectivity index (χ0) is 28.3. The fraction of sp³-hybridized carbons (Fsp3) is 0.226. The SMILES string of the molecule is Cc1cc(COC(CO)COCc2cc(C)cc(-n3nc4ccccc4n3)c2O)cc(-n2nc3ccccc3n2)c1. The summed E-state index contributed by atoms with van der Waals surface area (Å²) in [7, 11) is 0. The van der Waals surface area contributed by atoms with Crippen LogP contribution in [-0.2, 0) is 22.7 Å². The van der Waals surface area contributed by atoms with Gasteiger partial charge >= 0.3 is 0 Å². The standard InChI is InChI=1S/C31H30N6O4/c1-20-11-22(15-24(13-20)36-32-26-7-3-4-8-27(26)33-36)17-41-25(16-38)19-40-18-23-12-21(2)14-30(31(23)39)37-34-28-9-5-6-10-29(28)35-37/h3-15,25,38-39H,16-19H2,1-2H3. The van der Waals surface area contributed by atoms with Crippen LogP contribution in [0, 0.1) is 13.8 Å². The van der Waals surface area contributed by atoms with Crippen LogP contribution in [0.25, 0.3) is 33.4 Å². The van der Waals surface area contributed by atoms with Crippen LogP contribution in [-0.4, -0.2) is 59.5 Å². The van der Waals surface area contributed by atoms with Gasteiger partial charge in [0.05, 0.1) is 32.1 Å². The predicted octanol–water partition coefficient (Wildman–Crippen LogP) is 4.57. The van der Waals surface area contributed by atoms with E-state index in [0.717, 1.165) is 44.4 Å². The minimum atomic E-state index is -0.547. The fourth-order valence-corrected chi connectivity index (χ4v) is 4.75. The molecule has 2 aromatic heterocycles. The van der Waals surface area contributed by atoms with E-state index < -0.39 is 6.10 Å². The lowest BCUT2D eigenvalue weighted by molar-refractivity contribution is -0.0538. The quantitative estimate of drug-likeness (QED) is 0.255. The lowest BCUT2D eigenvalue weighted by atomic mass is 10.1. The summed E-state index contributed by atoms with van der Waals surface area (Å²) in [4.78, 5) is 3.06. The van der Waals surface area contributed by atoms with Crippen molar-refractivity contribution in [3.63, 3.8) is 0 Å². The normalized spacial score (nSPS) is 12.4. The molecule has 0 aliphatic carbocycles. The zero-order valence-electron chi connectivity index (χ0n) is 22.8. The van der Waals surface area contributed by atoms with E-state index in [1.165, 1.54) is 4.80 Å². The third-order valence-corrected chi connectivity index (χ3v) is 6.71. The Hall–Kier alpha value is -4.64. The number of phenolic OH excluding ortho intramolecular Hbond substituents is 1. The minimum absolute atomic E-state index is 0.0459. The van der Waals surface area contributed by atoms with Crippen LogP contribution in [0.3, 0.4) is 0 Å². The number of hydrogen-bond donors (Lipinski definition) is 2. The van der Waals surface area contributed by atoms with Crippen LogP contribution in [0.2, 0.25) is 0 Å². The van der Waals surface area contributed by atoms with Crippen molar-refractivity contribution in [2.45, 2.75) is 33.2 Å². The van der Waals surface area contributed by atoms with Gasteiger partial charge in [-0.3, -0.25) is 0 Å². The Kier molecular flexibility index (Phi) is 7.43. The Morgan fingerprint density at radius 1 is 0.732 bits per heavy atom. The third kappa shape index (κ3) is 5.80. The molecule has 1 unspecified atom stereocenters. The van der Waals surface area contributed by atoms with Gasteiger partial charge in [-0.15, -0.1) is 25.2 Å². The Morgan fingerprint density at radius 3 is 1.93 bits per heavy atom. The molecule has 41 heavy (non-hydrogen) atoms. The van der Waals surface area contributed by atoms with Gasteiger partial charge < -0.3 is 19.7 Å². The average molecular weight is 551 g/mol. The zero-order valence-corrected chi connectivity index (χ0v) is 22.8. The van der Waals surface area contributed by atoms with Crippen molar-refractivity contribution in [2.24, 2.45) is 0 Å². The molecule has 0 spiro atoms. The highest BCUT2D eigenvalue weighted by Crippen LogP contribution is 2.29. The van der Waals surface area contributed by atoms with Gasteiger partial charge in [0.2, 0.25) is 0 Å². The van der Waals surface area contributed by atoms with Crippen molar-refractivity contribution < 1.29 is 19.7 Å². The first-order chi connectivity index (χ1) is 20.0. The molecule has 10 heteroatoms. The van der Waals surface area contributed by atoms with E-state index in [9.17, 15) is 10.2 Å². The second kappa shape index (κ2) is 11.5. The molecule has 0 fully saturated rings. The van der Waals surface area contributed by atoms with E-state index in [-0.39, 0.29) is 32.2 Å². The summed E-state index contributed by atoms with van der Waals surface area (Å²) in [6.07, 6.45) is -0.547. The van der Waals surface area contributed by atoms with Gasteiger partial charge in [-0.25, -0.2) is 0 Å². The van der Waals surface area contributed by atoms with Crippen molar-refractivity contribution in [3.05, 3.63) is 101 Å². The Bertz CT molecular complexity index is 1760. The van der Waals surface area contributed by atoms with Crippen molar-refractivity contribution in [2.75, 3.05) is 13.2 Å². The smallest absolute Gasteiger partial charge is 0.148 e. The minimum Gasteiger partial charge on any atom is -0.505 e. The molecule has 0 saturated carbocycles. The van der Waals surface area contributed by atoms with Gasteiger partial charge in [0, 0.05) is 5.56 Å². The van der Waals surface area contributed by atoms with Gasteiger partial charge in [0.15, 0.2) is 0 Å². The number of nitrogens with zero attached hydrogens (tertiary/aromatic N) is 6. The first kappa shape index (κ1) is 26.6. The largest absolute Gasteiger partial charge is 0.505 e. The third-order valence-electron chi connectivity index (χ3n) is 6.71. The first-order valence-corrected chi connectivity index (χ1v) is 13.3. The van der Waals surface area contributed by atoms with Gasteiger partial charge in [-0.1, -0.05) is 30.3 Å². The number of hydrogen-bond acceptors (Lipinski definition) is 8. The molecule has 0 aliphatic rings. The van der Waals surface area contributed by atoms with E-state index in [1.807, 2.05) is 92.7 Å². The molecule has 0 amide bonds. The first-order valence-electron chi connectivity index (χ1n) is 13.3. The lowest BCUT2D eigenvalue weighted by Crippen LogP contribution is -2.24. The van der Waals surface area contributed by atoms with Crippen LogP contribution in [0.1, 0.15) is 22.3 Å². The molecule has 0 radical (unpaired) electrons. The van der Waals surface area contributed by atoms with E-state index in [0.29, 0.717) is 11.3 Å². The highest BCUT2D eigenvalue weighted by Gasteiger charge is 2.16. The maximum absolute atomic E-state index is 11.0. The number of aliphatic hydroxyl groups excluding tert-OH is 1. The number of aliphatic hydroxyl groups is 1. The summed E-state index contributed by atoms with van der Waals surface area (Å²) < 4.78 is 11.9. The highest BCUT2D eigenvalue weighted by molar-refractivity contribution is 5.74. The molecule has 0 aliphatic heterocycles. The monoisotopic (exact) mass is 550 g/mol. The van der Waals surface area contributed by atoms with Crippen molar-refractivity contribution >= 4 is 22.1 Å².